The van der Waals surface area contributed by atoms with Crippen molar-refractivity contribution in [3.8, 4) is 0 Å². The van der Waals surface area contributed by atoms with Crippen LogP contribution in [0.4, 0.5) is 0 Å². The first-order valence-corrected chi connectivity index (χ1v) is 5.57. The smallest absolute Gasteiger partial charge is 0.306 e. The third kappa shape index (κ3) is 7.26. The number of ether oxygens (including phenoxy) is 1. The Balaban J connectivity index is 3.86. The molecule has 0 aliphatic heterocycles. The molecule has 0 fully saturated rings. The van der Waals surface area contributed by atoms with Gasteiger partial charge in [-0.05, 0) is 11.8 Å². The van der Waals surface area contributed by atoms with E-state index in [9.17, 15) is 9.59 Å². The highest BCUT2D eigenvalue weighted by Crippen LogP contribution is 2.18. The van der Waals surface area contributed by atoms with Crippen LogP contribution < -0.4 is 0 Å². The summed E-state index contributed by atoms with van der Waals surface area (Å²) in [5, 5.41) is 0. The van der Waals surface area contributed by atoms with Gasteiger partial charge in [-0.25, -0.2) is 0 Å². The van der Waals surface area contributed by atoms with Gasteiger partial charge in [0.1, 0.15) is 0 Å². The number of nitrogens with zero attached hydrogens (tertiary/aromatic N) is 1. The van der Waals surface area contributed by atoms with Gasteiger partial charge in [0, 0.05) is 20.0 Å². The number of hydrogen-bond acceptors (Lipinski definition) is 3. The van der Waals surface area contributed by atoms with Crippen molar-refractivity contribution in [1.29, 1.82) is 0 Å². The molecule has 0 atom stereocenters. The number of amides is 1. The van der Waals surface area contributed by atoms with E-state index in [2.05, 4.69) is 25.5 Å². The molecule has 16 heavy (non-hydrogen) atoms. The molecule has 0 saturated heterocycles. The van der Waals surface area contributed by atoms with Crippen LogP contribution in [0.3, 0.4) is 0 Å². The van der Waals surface area contributed by atoms with Crippen LogP contribution in [0.15, 0.2) is 0 Å². The standard InChI is InChI=1S/C12H23NO3/c1-12(2,3)8-9-13(4)10(14)6-7-11(15)16-5/h6-9H2,1-5H3. The van der Waals surface area contributed by atoms with E-state index in [1.165, 1.54) is 7.11 Å². The number of esters is 1. The Labute approximate surface area is 98.0 Å². The lowest BCUT2D eigenvalue weighted by Gasteiger charge is -2.23. The van der Waals surface area contributed by atoms with E-state index in [-0.39, 0.29) is 30.1 Å². The molecular weight excluding hydrogens is 206 g/mol. The second kappa shape index (κ2) is 6.51. The SMILES string of the molecule is COC(=O)CCC(=O)N(C)CCC(C)(C)C. The van der Waals surface area contributed by atoms with Crippen LogP contribution in [0.25, 0.3) is 0 Å². The van der Waals surface area contributed by atoms with E-state index < -0.39 is 0 Å². The zero-order valence-corrected chi connectivity index (χ0v) is 11.0. The molecule has 0 heterocycles. The van der Waals surface area contributed by atoms with E-state index in [0.29, 0.717) is 0 Å². The molecule has 4 heteroatoms. The van der Waals surface area contributed by atoms with Gasteiger partial charge in [-0.15, -0.1) is 0 Å². The van der Waals surface area contributed by atoms with Gasteiger partial charge in [0.2, 0.25) is 5.91 Å². The normalized spacial score (nSPS) is 11.1. The van der Waals surface area contributed by atoms with Crippen molar-refractivity contribution in [1.82, 2.24) is 4.90 Å². The van der Waals surface area contributed by atoms with Crippen molar-refractivity contribution in [3.05, 3.63) is 0 Å². The monoisotopic (exact) mass is 229 g/mol. The molecule has 0 unspecified atom stereocenters. The molecular formula is C12H23NO3. The minimum atomic E-state index is -0.336. The van der Waals surface area contributed by atoms with Crippen molar-refractivity contribution < 1.29 is 14.3 Å². The third-order valence-corrected chi connectivity index (χ3v) is 2.39. The molecule has 0 aromatic carbocycles. The summed E-state index contributed by atoms with van der Waals surface area (Å²) in [5.41, 5.74) is 0.219. The third-order valence-electron chi connectivity index (χ3n) is 2.39. The maximum atomic E-state index is 11.6. The number of rotatable bonds is 5. The van der Waals surface area contributed by atoms with Gasteiger partial charge in [-0.1, -0.05) is 20.8 Å². The van der Waals surface area contributed by atoms with Gasteiger partial charge in [-0.3, -0.25) is 9.59 Å². The summed E-state index contributed by atoms with van der Waals surface area (Å²) in [4.78, 5) is 24.1. The molecule has 94 valence electrons. The zero-order chi connectivity index (χ0) is 12.8. The average molecular weight is 229 g/mol. The Morgan fingerprint density at radius 2 is 1.75 bits per heavy atom. The van der Waals surface area contributed by atoms with Gasteiger partial charge < -0.3 is 9.64 Å². The second-order valence-corrected chi connectivity index (χ2v) is 5.20. The van der Waals surface area contributed by atoms with Crippen LogP contribution in [-0.4, -0.2) is 37.5 Å². The van der Waals surface area contributed by atoms with Crippen molar-refractivity contribution in [2.75, 3.05) is 20.7 Å². The molecule has 0 N–H and O–H groups in total. The Morgan fingerprint density at radius 3 is 2.19 bits per heavy atom. The highest BCUT2D eigenvalue weighted by atomic mass is 16.5. The molecule has 0 aliphatic carbocycles. The number of carbonyl (C=O) groups excluding carboxylic acids is 2. The lowest BCUT2D eigenvalue weighted by molar-refractivity contribution is -0.143. The molecule has 0 spiro atoms. The lowest BCUT2D eigenvalue weighted by atomic mass is 9.92. The van der Waals surface area contributed by atoms with Gasteiger partial charge >= 0.3 is 5.97 Å². The van der Waals surface area contributed by atoms with Gasteiger partial charge in [-0.2, -0.15) is 0 Å². The minimum Gasteiger partial charge on any atom is -0.469 e. The molecule has 0 saturated carbocycles. The highest BCUT2D eigenvalue weighted by molar-refractivity contribution is 5.81. The Kier molecular flexibility index (Phi) is 6.08. The van der Waals surface area contributed by atoms with Crippen molar-refractivity contribution in [3.63, 3.8) is 0 Å². The van der Waals surface area contributed by atoms with Crippen LogP contribution in [0.5, 0.6) is 0 Å². The first-order valence-electron chi connectivity index (χ1n) is 5.57. The predicted molar refractivity (Wildman–Crippen MR) is 63.0 cm³/mol. The molecule has 0 aromatic heterocycles. The Hall–Kier alpha value is -1.06. The molecule has 0 rings (SSSR count). The highest BCUT2D eigenvalue weighted by Gasteiger charge is 2.15. The van der Waals surface area contributed by atoms with Gasteiger partial charge in [0.05, 0.1) is 13.5 Å². The summed E-state index contributed by atoms with van der Waals surface area (Å²) in [7, 11) is 3.10. The maximum Gasteiger partial charge on any atom is 0.306 e. The summed E-state index contributed by atoms with van der Waals surface area (Å²) in [6.07, 6.45) is 1.34. The summed E-state index contributed by atoms with van der Waals surface area (Å²) in [5.74, 6) is -0.341. The largest absolute Gasteiger partial charge is 0.469 e. The van der Waals surface area contributed by atoms with Crippen LogP contribution in [0.2, 0.25) is 0 Å². The van der Waals surface area contributed by atoms with Crippen LogP contribution >= 0.6 is 0 Å². The van der Waals surface area contributed by atoms with Crippen molar-refractivity contribution in [2.45, 2.75) is 40.0 Å². The minimum absolute atomic E-state index is 0.00495. The summed E-state index contributed by atoms with van der Waals surface area (Å²) in [6, 6.07) is 0. The van der Waals surface area contributed by atoms with E-state index in [1.54, 1.807) is 11.9 Å². The van der Waals surface area contributed by atoms with E-state index >= 15 is 0 Å². The second-order valence-electron chi connectivity index (χ2n) is 5.20. The summed E-state index contributed by atoms with van der Waals surface area (Å²) < 4.78 is 4.48. The maximum absolute atomic E-state index is 11.6. The van der Waals surface area contributed by atoms with E-state index in [1.807, 2.05) is 0 Å². The molecule has 0 radical (unpaired) electrons. The number of hydrogen-bond donors (Lipinski definition) is 0. The topological polar surface area (TPSA) is 46.6 Å². The summed E-state index contributed by atoms with van der Waals surface area (Å²) in [6.45, 7) is 7.14. The Morgan fingerprint density at radius 1 is 1.19 bits per heavy atom. The fourth-order valence-electron chi connectivity index (χ4n) is 1.13. The van der Waals surface area contributed by atoms with E-state index in [4.69, 9.17) is 0 Å². The van der Waals surface area contributed by atoms with Crippen molar-refractivity contribution >= 4 is 11.9 Å². The molecule has 4 nitrogen and oxygen atoms in total. The molecule has 0 aliphatic rings. The molecule has 0 aromatic rings. The van der Waals surface area contributed by atoms with Crippen LogP contribution in [-0.2, 0) is 14.3 Å². The van der Waals surface area contributed by atoms with Gasteiger partial charge in [0.15, 0.2) is 0 Å². The van der Waals surface area contributed by atoms with Crippen LogP contribution in [0.1, 0.15) is 40.0 Å². The fraction of sp³-hybridized carbons (Fsp3) is 0.833. The Bertz CT molecular complexity index is 243. The van der Waals surface area contributed by atoms with Gasteiger partial charge in [0.25, 0.3) is 0 Å². The zero-order valence-electron chi connectivity index (χ0n) is 11.0. The predicted octanol–water partition coefficient (Wildman–Crippen LogP) is 1.83. The summed E-state index contributed by atoms with van der Waals surface area (Å²) >= 11 is 0. The van der Waals surface area contributed by atoms with Crippen LogP contribution in [0, 0.1) is 5.41 Å². The first kappa shape index (κ1) is 14.9. The first-order chi connectivity index (χ1) is 7.26. The van der Waals surface area contributed by atoms with Crippen molar-refractivity contribution in [2.24, 2.45) is 5.41 Å². The number of methoxy groups -OCH3 is 1. The quantitative estimate of drug-likeness (QED) is 0.676. The average Bonchev–Trinajstić information content (AvgIpc) is 2.20. The van der Waals surface area contributed by atoms with E-state index in [0.717, 1.165) is 13.0 Å². The fourth-order valence-corrected chi connectivity index (χ4v) is 1.13. The number of carbonyl (C=O) groups is 2. The molecule has 0 bridgehead atoms. The molecule has 1 amide bonds. The lowest BCUT2D eigenvalue weighted by Crippen LogP contribution is -2.30.